The molecule has 6 heteroatoms. The van der Waals surface area contributed by atoms with Crippen molar-refractivity contribution in [2.45, 2.75) is 0 Å². The normalized spacial score (nSPS) is 11.0. The Morgan fingerprint density at radius 1 is 1.38 bits per heavy atom. The Morgan fingerprint density at radius 2 is 1.77 bits per heavy atom. The van der Waals surface area contributed by atoms with Gasteiger partial charge in [-0.25, -0.2) is 4.21 Å². The van der Waals surface area contributed by atoms with E-state index in [1.54, 1.807) is 12.1 Å². The van der Waals surface area contributed by atoms with Crippen LogP contribution in [0.1, 0.15) is 0 Å². The number of phenols is 1. The number of hydrogen-bond donors (Lipinski definition) is 3. The molecule has 0 aliphatic heterocycles. The highest BCUT2D eigenvalue weighted by atomic mass is 32.2. The van der Waals surface area contributed by atoms with Crippen molar-refractivity contribution in [2.24, 2.45) is 0 Å². The quantitative estimate of drug-likeness (QED) is 0.464. The number of aromatic hydroxyl groups is 1. The van der Waals surface area contributed by atoms with Gasteiger partial charge in [0.1, 0.15) is 5.75 Å². The van der Waals surface area contributed by atoms with E-state index in [2.05, 4.69) is 5.32 Å². The molecular weight excluding hydrogens is 194 g/mol. The largest absolute Gasteiger partial charge is 0.750 e. The van der Waals surface area contributed by atoms with E-state index in [0.29, 0.717) is 5.75 Å². The maximum Gasteiger partial charge on any atom is 0.115 e. The van der Waals surface area contributed by atoms with Crippen LogP contribution in [-0.4, -0.2) is 25.5 Å². The van der Waals surface area contributed by atoms with E-state index in [1.807, 2.05) is 19.2 Å². The zero-order valence-electron chi connectivity index (χ0n) is 6.93. The molecule has 0 saturated heterocycles. The lowest BCUT2D eigenvalue weighted by atomic mass is 10.3. The van der Waals surface area contributed by atoms with Gasteiger partial charge in [-0.1, -0.05) is 0 Å². The second-order valence-corrected chi connectivity index (χ2v) is 2.45. The number of benzene rings is 1. The fraction of sp³-hybridized carbons (Fsp3) is 0.143. The standard InChI is InChI=1S/C7H9NO.H2O3S/c1-8-6-2-4-7(9)5-3-6;1-4(2)3/h2-5,8-9H,1H3;(H2,1,2,3)/p-1. The first-order valence-electron chi connectivity index (χ1n) is 3.31. The summed E-state index contributed by atoms with van der Waals surface area (Å²) in [5.74, 6) is 0.300. The van der Waals surface area contributed by atoms with Crippen LogP contribution in [0.15, 0.2) is 24.3 Å². The molecule has 0 fully saturated rings. The molecule has 1 rings (SSSR count). The van der Waals surface area contributed by atoms with Gasteiger partial charge >= 0.3 is 0 Å². The van der Waals surface area contributed by atoms with Gasteiger partial charge in [0.15, 0.2) is 0 Å². The van der Waals surface area contributed by atoms with Gasteiger partial charge in [0.05, 0.1) is 11.4 Å². The average molecular weight is 204 g/mol. The maximum absolute atomic E-state index is 8.82. The minimum absolute atomic E-state index is 0.300. The molecular formula is C7H10NO4S-. The van der Waals surface area contributed by atoms with Crippen molar-refractivity contribution >= 4 is 17.0 Å². The monoisotopic (exact) mass is 204 g/mol. The summed E-state index contributed by atoms with van der Waals surface area (Å²) in [4.78, 5) is 0. The molecule has 0 aliphatic carbocycles. The van der Waals surface area contributed by atoms with Crippen molar-refractivity contribution < 1.29 is 18.4 Å². The first kappa shape index (κ1) is 11.9. The Labute approximate surface area is 78.5 Å². The lowest BCUT2D eigenvalue weighted by Crippen LogP contribution is -1.84. The highest BCUT2D eigenvalue weighted by Gasteiger charge is 1.85. The summed E-state index contributed by atoms with van der Waals surface area (Å²) in [7, 11) is 1.84. The van der Waals surface area contributed by atoms with Crippen LogP contribution in [0, 0.1) is 0 Å². The Balaban J connectivity index is 0.000000310. The summed E-state index contributed by atoms with van der Waals surface area (Å²) in [5.41, 5.74) is 1.01. The number of nitrogens with one attached hydrogen (secondary N) is 1. The van der Waals surface area contributed by atoms with E-state index in [0.717, 1.165) is 5.69 Å². The first-order chi connectivity index (χ1) is 6.06. The molecule has 0 aromatic heterocycles. The molecule has 0 radical (unpaired) electrons. The summed E-state index contributed by atoms with van der Waals surface area (Å²) >= 11 is -2.86. The third kappa shape index (κ3) is 7.26. The Morgan fingerprint density at radius 3 is 2.08 bits per heavy atom. The van der Waals surface area contributed by atoms with Gasteiger partial charge in [-0.05, 0) is 24.3 Å². The van der Waals surface area contributed by atoms with E-state index in [-0.39, 0.29) is 0 Å². The third-order valence-corrected chi connectivity index (χ3v) is 1.16. The molecule has 0 amide bonds. The predicted molar refractivity (Wildman–Crippen MR) is 49.2 cm³/mol. The van der Waals surface area contributed by atoms with Gasteiger partial charge in [-0.2, -0.15) is 0 Å². The van der Waals surface area contributed by atoms with E-state index in [1.165, 1.54) is 0 Å². The van der Waals surface area contributed by atoms with Gasteiger partial charge < -0.3 is 19.5 Å². The lowest BCUT2D eigenvalue weighted by molar-refractivity contribution is 0.436. The van der Waals surface area contributed by atoms with E-state index in [4.69, 9.17) is 18.4 Å². The van der Waals surface area contributed by atoms with Crippen LogP contribution >= 0.6 is 0 Å². The first-order valence-corrected chi connectivity index (χ1v) is 4.34. The predicted octanol–water partition coefficient (Wildman–Crippen LogP) is 0.772. The third-order valence-electron chi connectivity index (χ3n) is 1.16. The zero-order valence-corrected chi connectivity index (χ0v) is 7.75. The molecule has 1 unspecified atom stereocenters. The van der Waals surface area contributed by atoms with Crippen molar-refractivity contribution in [1.82, 2.24) is 0 Å². The van der Waals surface area contributed by atoms with Crippen LogP contribution in [0.2, 0.25) is 0 Å². The smallest absolute Gasteiger partial charge is 0.115 e. The highest BCUT2D eigenvalue weighted by molar-refractivity contribution is 7.73. The van der Waals surface area contributed by atoms with Crippen molar-refractivity contribution in [3.8, 4) is 5.75 Å². The summed E-state index contributed by atoms with van der Waals surface area (Å²) < 4.78 is 24.1. The topological polar surface area (TPSA) is 92.6 Å². The van der Waals surface area contributed by atoms with Crippen molar-refractivity contribution in [2.75, 3.05) is 12.4 Å². The fourth-order valence-electron chi connectivity index (χ4n) is 0.628. The highest BCUT2D eigenvalue weighted by Crippen LogP contribution is 2.12. The molecule has 5 nitrogen and oxygen atoms in total. The van der Waals surface area contributed by atoms with Gasteiger partial charge in [0.25, 0.3) is 0 Å². The van der Waals surface area contributed by atoms with Crippen molar-refractivity contribution in [3.05, 3.63) is 24.3 Å². The van der Waals surface area contributed by atoms with Gasteiger partial charge in [-0.15, -0.1) is 0 Å². The molecule has 3 N–H and O–H groups in total. The second kappa shape index (κ2) is 6.41. The lowest BCUT2D eigenvalue weighted by Gasteiger charge is -1.96. The minimum atomic E-state index is -2.86. The van der Waals surface area contributed by atoms with Gasteiger partial charge in [0.2, 0.25) is 0 Å². The minimum Gasteiger partial charge on any atom is -0.750 e. The molecule has 1 atom stereocenters. The van der Waals surface area contributed by atoms with Crippen LogP contribution in [0.4, 0.5) is 5.69 Å². The van der Waals surface area contributed by atoms with E-state index in [9.17, 15) is 0 Å². The molecule has 74 valence electrons. The van der Waals surface area contributed by atoms with Crippen LogP contribution in [-0.2, 0) is 11.4 Å². The number of anilines is 1. The second-order valence-electron chi connectivity index (χ2n) is 2.01. The van der Waals surface area contributed by atoms with Gasteiger partial charge in [0, 0.05) is 12.7 Å². The van der Waals surface area contributed by atoms with Crippen LogP contribution < -0.4 is 5.32 Å². The van der Waals surface area contributed by atoms with E-state index >= 15 is 0 Å². The van der Waals surface area contributed by atoms with Crippen molar-refractivity contribution in [3.63, 3.8) is 0 Å². The van der Waals surface area contributed by atoms with E-state index < -0.39 is 11.4 Å². The van der Waals surface area contributed by atoms with Crippen LogP contribution in [0.3, 0.4) is 0 Å². The summed E-state index contributed by atoms with van der Waals surface area (Å²) in [5, 5.41) is 11.8. The Kier molecular flexibility index (Phi) is 5.86. The molecule has 1 aromatic rings. The average Bonchev–Trinajstić information content (AvgIpc) is 2.05. The summed E-state index contributed by atoms with van der Waals surface area (Å²) in [6.07, 6.45) is 0. The van der Waals surface area contributed by atoms with Crippen molar-refractivity contribution in [1.29, 1.82) is 0 Å². The summed E-state index contributed by atoms with van der Waals surface area (Å²) in [6.45, 7) is 0. The van der Waals surface area contributed by atoms with Gasteiger partial charge in [-0.3, -0.25) is 0 Å². The molecule has 13 heavy (non-hydrogen) atoms. The molecule has 0 spiro atoms. The summed E-state index contributed by atoms with van der Waals surface area (Å²) in [6, 6.07) is 6.92. The number of phenolic OH excluding ortho intramolecular Hbond substituents is 1. The number of rotatable bonds is 1. The maximum atomic E-state index is 8.82. The fourth-order valence-corrected chi connectivity index (χ4v) is 0.628. The molecule has 0 bridgehead atoms. The van der Waals surface area contributed by atoms with Crippen LogP contribution in [0.5, 0.6) is 5.75 Å². The zero-order chi connectivity index (χ0) is 10.3. The number of hydrogen-bond acceptors (Lipinski definition) is 4. The Bertz CT molecular complexity index is 258. The van der Waals surface area contributed by atoms with Crippen LogP contribution in [0.25, 0.3) is 0 Å². The molecule has 0 heterocycles. The Hall–Kier alpha value is -1.11. The molecule has 1 aromatic carbocycles. The molecule has 0 aliphatic rings. The SMILES string of the molecule is CNc1ccc(O)cc1.O=S([O-])O. The molecule has 0 saturated carbocycles.